The summed E-state index contributed by atoms with van der Waals surface area (Å²) in [6.07, 6.45) is 5.31. The Morgan fingerprint density at radius 2 is 1.71 bits per heavy atom. The molecule has 0 saturated heterocycles. The molecule has 1 amide bonds. The van der Waals surface area contributed by atoms with Gasteiger partial charge in [0.25, 0.3) is 0 Å². The Balaban J connectivity index is 0.00000144. The maximum atomic E-state index is 12.2. The van der Waals surface area contributed by atoms with Crippen molar-refractivity contribution in [1.82, 2.24) is 10.2 Å². The molecule has 2 aliphatic carbocycles. The summed E-state index contributed by atoms with van der Waals surface area (Å²) in [6.45, 7) is 4.86. The molecule has 0 radical (unpaired) electrons. The van der Waals surface area contributed by atoms with E-state index in [-0.39, 0.29) is 18.3 Å². The number of halogens is 1. The summed E-state index contributed by atoms with van der Waals surface area (Å²) in [5.74, 6) is 2.10. The molecule has 1 N–H and O–H groups in total. The van der Waals surface area contributed by atoms with E-state index < -0.39 is 0 Å². The van der Waals surface area contributed by atoms with Crippen molar-refractivity contribution in [2.75, 3.05) is 26.7 Å². The summed E-state index contributed by atoms with van der Waals surface area (Å²) in [6, 6.07) is 0. The summed E-state index contributed by atoms with van der Waals surface area (Å²) in [5, 5.41) is 3.09. The van der Waals surface area contributed by atoms with Crippen LogP contribution in [0.1, 0.15) is 32.6 Å². The third-order valence-corrected chi connectivity index (χ3v) is 3.59. The molecule has 2 fully saturated rings. The monoisotopic (exact) mass is 260 g/mol. The van der Waals surface area contributed by atoms with Crippen molar-refractivity contribution in [2.45, 2.75) is 32.6 Å². The van der Waals surface area contributed by atoms with Gasteiger partial charge in [-0.3, -0.25) is 4.79 Å². The zero-order chi connectivity index (χ0) is 11.5. The van der Waals surface area contributed by atoms with Crippen LogP contribution in [0.5, 0.6) is 0 Å². The minimum Gasteiger partial charge on any atom is -0.342 e. The largest absolute Gasteiger partial charge is 0.342 e. The fourth-order valence-electron chi connectivity index (χ4n) is 2.18. The highest BCUT2D eigenvalue weighted by atomic mass is 35.5. The molecule has 0 spiro atoms. The molecule has 0 bridgehead atoms. The lowest BCUT2D eigenvalue weighted by Gasteiger charge is -2.26. The Morgan fingerprint density at radius 3 is 2.06 bits per heavy atom. The van der Waals surface area contributed by atoms with E-state index >= 15 is 0 Å². The second-order valence-electron chi connectivity index (χ2n) is 5.59. The lowest BCUT2D eigenvalue weighted by Crippen LogP contribution is -2.40. The number of carbonyl (C=O) groups is 1. The first-order valence-electron chi connectivity index (χ1n) is 6.64. The highest BCUT2D eigenvalue weighted by molar-refractivity contribution is 5.85. The van der Waals surface area contributed by atoms with Crippen LogP contribution in [-0.4, -0.2) is 37.5 Å². The molecule has 17 heavy (non-hydrogen) atoms. The minimum atomic E-state index is 0. The molecule has 1 atom stereocenters. The van der Waals surface area contributed by atoms with Crippen molar-refractivity contribution in [1.29, 1.82) is 0 Å². The topological polar surface area (TPSA) is 32.3 Å². The zero-order valence-electron chi connectivity index (χ0n) is 10.9. The molecule has 100 valence electrons. The third-order valence-electron chi connectivity index (χ3n) is 3.59. The van der Waals surface area contributed by atoms with Gasteiger partial charge in [0.2, 0.25) is 5.91 Å². The molecular weight excluding hydrogens is 236 g/mol. The van der Waals surface area contributed by atoms with Crippen LogP contribution in [0.2, 0.25) is 0 Å². The summed E-state index contributed by atoms with van der Waals surface area (Å²) >= 11 is 0. The van der Waals surface area contributed by atoms with Gasteiger partial charge in [0, 0.05) is 25.6 Å². The van der Waals surface area contributed by atoms with Gasteiger partial charge in [-0.05, 0) is 44.6 Å². The SMILES string of the molecule is CNCC(C)C(=O)N(CC1CC1)CC1CC1.Cl. The van der Waals surface area contributed by atoms with E-state index in [1.807, 2.05) is 14.0 Å². The summed E-state index contributed by atoms with van der Waals surface area (Å²) in [5.41, 5.74) is 0. The zero-order valence-corrected chi connectivity index (χ0v) is 11.8. The fourth-order valence-corrected chi connectivity index (χ4v) is 2.18. The normalized spacial score (nSPS) is 20.6. The van der Waals surface area contributed by atoms with Gasteiger partial charge in [0.15, 0.2) is 0 Å². The first-order chi connectivity index (χ1) is 7.70. The molecule has 0 aromatic rings. The van der Waals surface area contributed by atoms with Gasteiger partial charge >= 0.3 is 0 Å². The Bertz CT molecular complexity index is 238. The van der Waals surface area contributed by atoms with E-state index in [0.717, 1.165) is 31.5 Å². The van der Waals surface area contributed by atoms with Crippen LogP contribution in [-0.2, 0) is 4.79 Å². The number of carbonyl (C=O) groups excluding carboxylic acids is 1. The highest BCUT2D eigenvalue weighted by Gasteiger charge is 2.32. The molecule has 2 saturated carbocycles. The van der Waals surface area contributed by atoms with Gasteiger partial charge in [-0.15, -0.1) is 12.4 Å². The average molecular weight is 261 g/mol. The van der Waals surface area contributed by atoms with Crippen LogP contribution in [0.15, 0.2) is 0 Å². The van der Waals surface area contributed by atoms with Crippen LogP contribution in [0.3, 0.4) is 0 Å². The molecular formula is C13H25ClN2O. The number of nitrogens with one attached hydrogen (secondary N) is 1. The molecule has 0 aromatic heterocycles. The third kappa shape index (κ3) is 4.84. The first-order valence-corrected chi connectivity index (χ1v) is 6.64. The van der Waals surface area contributed by atoms with Gasteiger partial charge in [0.05, 0.1) is 0 Å². The Morgan fingerprint density at radius 1 is 1.24 bits per heavy atom. The second-order valence-corrected chi connectivity index (χ2v) is 5.59. The van der Waals surface area contributed by atoms with Gasteiger partial charge in [-0.2, -0.15) is 0 Å². The van der Waals surface area contributed by atoms with E-state index in [1.54, 1.807) is 0 Å². The molecule has 3 nitrogen and oxygen atoms in total. The molecule has 2 aliphatic rings. The Hall–Kier alpha value is -0.280. The van der Waals surface area contributed by atoms with Crippen LogP contribution in [0.25, 0.3) is 0 Å². The fraction of sp³-hybridized carbons (Fsp3) is 0.923. The average Bonchev–Trinajstić information content (AvgIpc) is 3.10. The predicted molar refractivity (Wildman–Crippen MR) is 72.4 cm³/mol. The first kappa shape index (κ1) is 14.8. The summed E-state index contributed by atoms with van der Waals surface area (Å²) in [4.78, 5) is 14.4. The smallest absolute Gasteiger partial charge is 0.226 e. The summed E-state index contributed by atoms with van der Waals surface area (Å²) in [7, 11) is 1.91. The van der Waals surface area contributed by atoms with E-state index in [9.17, 15) is 4.79 Å². The Labute approximate surface area is 111 Å². The molecule has 0 aliphatic heterocycles. The van der Waals surface area contributed by atoms with Crippen molar-refractivity contribution in [3.8, 4) is 0 Å². The van der Waals surface area contributed by atoms with Crippen LogP contribution < -0.4 is 5.32 Å². The number of amides is 1. The van der Waals surface area contributed by atoms with E-state index in [4.69, 9.17) is 0 Å². The molecule has 2 rings (SSSR count). The van der Waals surface area contributed by atoms with Crippen molar-refractivity contribution in [2.24, 2.45) is 17.8 Å². The van der Waals surface area contributed by atoms with Gasteiger partial charge in [-0.1, -0.05) is 6.92 Å². The number of hydrogen-bond acceptors (Lipinski definition) is 2. The highest BCUT2D eigenvalue weighted by Crippen LogP contribution is 2.34. The predicted octanol–water partition coefficient (Wildman–Crippen LogP) is 1.91. The maximum absolute atomic E-state index is 12.2. The number of hydrogen-bond donors (Lipinski definition) is 1. The van der Waals surface area contributed by atoms with Gasteiger partial charge in [-0.25, -0.2) is 0 Å². The van der Waals surface area contributed by atoms with Crippen molar-refractivity contribution in [3.63, 3.8) is 0 Å². The quantitative estimate of drug-likeness (QED) is 0.759. The number of nitrogens with zero attached hydrogens (tertiary/aromatic N) is 1. The second kappa shape index (κ2) is 6.60. The molecule has 0 aromatic carbocycles. The minimum absolute atomic E-state index is 0. The van der Waals surface area contributed by atoms with Crippen molar-refractivity contribution in [3.05, 3.63) is 0 Å². The lowest BCUT2D eigenvalue weighted by atomic mass is 10.1. The van der Waals surface area contributed by atoms with Crippen molar-refractivity contribution < 1.29 is 4.79 Å². The van der Waals surface area contributed by atoms with Crippen LogP contribution >= 0.6 is 12.4 Å². The summed E-state index contributed by atoms with van der Waals surface area (Å²) < 4.78 is 0. The molecule has 0 heterocycles. The van der Waals surface area contributed by atoms with E-state index in [0.29, 0.717) is 5.91 Å². The molecule has 1 unspecified atom stereocenters. The van der Waals surface area contributed by atoms with Crippen LogP contribution in [0, 0.1) is 17.8 Å². The number of rotatable bonds is 7. The van der Waals surface area contributed by atoms with Gasteiger partial charge in [0.1, 0.15) is 0 Å². The van der Waals surface area contributed by atoms with Crippen molar-refractivity contribution >= 4 is 18.3 Å². The van der Waals surface area contributed by atoms with E-state index in [2.05, 4.69) is 10.2 Å². The van der Waals surface area contributed by atoms with Crippen LogP contribution in [0.4, 0.5) is 0 Å². The standard InChI is InChI=1S/C13H24N2O.ClH/c1-10(7-14-2)13(16)15(8-11-3-4-11)9-12-5-6-12;/h10-12,14H,3-9H2,1-2H3;1H. The lowest BCUT2D eigenvalue weighted by molar-refractivity contribution is -0.135. The maximum Gasteiger partial charge on any atom is 0.226 e. The Kier molecular flexibility index (Phi) is 5.74. The van der Waals surface area contributed by atoms with E-state index in [1.165, 1.54) is 25.7 Å². The molecule has 4 heteroatoms. The van der Waals surface area contributed by atoms with Gasteiger partial charge < -0.3 is 10.2 Å².